The van der Waals surface area contributed by atoms with Crippen LogP contribution in [0.2, 0.25) is 0 Å². The quantitative estimate of drug-likeness (QED) is 0.699. The normalized spacial score (nSPS) is 26.6. The number of sulfone groups is 1. The van der Waals surface area contributed by atoms with Gasteiger partial charge in [-0.2, -0.15) is 0 Å². The molecule has 1 fully saturated rings. The van der Waals surface area contributed by atoms with Crippen LogP contribution in [-0.4, -0.2) is 42.8 Å². The lowest BCUT2D eigenvalue weighted by atomic mass is 9.89. The lowest BCUT2D eigenvalue weighted by Gasteiger charge is -2.23. The van der Waals surface area contributed by atoms with Crippen molar-refractivity contribution in [2.75, 3.05) is 19.0 Å². The van der Waals surface area contributed by atoms with Crippen LogP contribution < -0.4 is 0 Å². The van der Waals surface area contributed by atoms with Crippen molar-refractivity contribution < 1.29 is 18.6 Å². The van der Waals surface area contributed by atoms with E-state index >= 15 is 0 Å². The smallest absolute Gasteiger partial charge is 0.152 e. The zero-order valence-electron chi connectivity index (χ0n) is 8.44. The Kier molecular flexibility index (Phi) is 3.55. The molecule has 0 saturated heterocycles. The molecule has 1 saturated carbocycles. The van der Waals surface area contributed by atoms with Gasteiger partial charge in [0, 0.05) is 11.2 Å². The van der Waals surface area contributed by atoms with Crippen LogP contribution in [0.3, 0.4) is 0 Å². The molecule has 2 N–H and O–H groups in total. The van der Waals surface area contributed by atoms with E-state index in [9.17, 15) is 8.42 Å². The number of rotatable bonds is 4. The number of aliphatic hydroxyl groups excluding tert-OH is 2. The van der Waals surface area contributed by atoms with Crippen molar-refractivity contribution in [1.29, 1.82) is 0 Å². The Hall–Kier alpha value is -0.130. The van der Waals surface area contributed by atoms with Crippen LogP contribution in [0.5, 0.6) is 0 Å². The van der Waals surface area contributed by atoms with Gasteiger partial charge >= 0.3 is 0 Å². The summed E-state index contributed by atoms with van der Waals surface area (Å²) in [6.45, 7) is 1.38. The lowest BCUT2D eigenvalue weighted by Crippen LogP contribution is -2.29. The van der Waals surface area contributed by atoms with E-state index in [-0.39, 0.29) is 24.2 Å². The van der Waals surface area contributed by atoms with Gasteiger partial charge in [0.2, 0.25) is 0 Å². The Morgan fingerprint density at radius 2 is 1.93 bits per heavy atom. The molecular formula is C9H18O4S. The average molecular weight is 222 g/mol. The van der Waals surface area contributed by atoms with Crippen LogP contribution in [-0.2, 0) is 9.84 Å². The second-order valence-electron chi connectivity index (χ2n) is 4.13. The first kappa shape index (κ1) is 11.9. The number of aliphatic hydroxyl groups is 2. The molecule has 14 heavy (non-hydrogen) atoms. The minimum Gasteiger partial charge on any atom is -0.396 e. The van der Waals surface area contributed by atoms with Crippen molar-refractivity contribution in [3.63, 3.8) is 0 Å². The van der Waals surface area contributed by atoms with E-state index in [1.807, 2.05) is 0 Å². The zero-order chi connectivity index (χ0) is 10.8. The standard InChI is InChI=1S/C9H18O4S/c1-2-14(12,13)8-3-4-9(5-8,6-10)7-11/h8,10-11H,2-7H2,1H3/t8-/m1/s1. The second kappa shape index (κ2) is 4.16. The molecule has 0 heterocycles. The van der Waals surface area contributed by atoms with Gasteiger partial charge in [-0.15, -0.1) is 0 Å². The van der Waals surface area contributed by atoms with Crippen LogP contribution >= 0.6 is 0 Å². The van der Waals surface area contributed by atoms with Crippen molar-refractivity contribution in [2.24, 2.45) is 5.41 Å². The van der Waals surface area contributed by atoms with Crippen LogP contribution in [0.25, 0.3) is 0 Å². The lowest BCUT2D eigenvalue weighted by molar-refractivity contribution is 0.0608. The van der Waals surface area contributed by atoms with Gasteiger partial charge in [0.15, 0.2) is 9.84 Å². The predicted molar refractivity (Wildman–Crippen MR) is 53.7 cm³/mol. The van der Waals surface area contributed by atoms with E-state index < -0.39 is 15.3 Å². The van der Waals surface area contributed by atoms with Crippen LogP contribution in [0.15, 0.2) is 0 Å². The molecule has 0 unspecified atom stereocenters. The second-order valence-corrected chi connectivity index (χ2v) is 6.70. The topological polar surface area (TPSA) is 74.6 Å². The maximum absolute atomic E-state index is 11.6. The third kappa shape index (κ3) is 2.10. The summed E-state index contributed by atoms with van der Waals surface area (Å²) in [5.41, 5.74) is -0.563. The zero-order valence-corrected chi connectivity index (χ0v) is 9.26. The molecule has 0 amide bonds. The van der Waals surface area contributed by atoms with Crippen molar-refractivity contribution in [3.05, 3.63) is 0 Å². The molecule has 0 aromatic carbocycles. The Bertz CT molecular complexity index is 279. The van der Waals surface area contributed by atoms with Crippen molar-refractivity contribution in [2.45, 2.75) is 31.4 Å². The third-order valence-corrected chi connectivity index (χ3v) is 5.46. The first-order valence-electron chi connectivity index (χ1n) is 4.93. The van der Waals surface area contributed by atoms with Crippen molar-refractivity contribution >= 4 is 9.84 Å². The summed E-state index contributed by atoms with van der Waals surface area (Å²) in [5.74, 6) is 0.143. The van der Waals surface area contributed by atoms with E-state index in [1.54, 1.807) is 6.92 Å². The summed E-state index contributed by atoms with van der Waals surface area (Å²) in [4.78, 5) is 0. The summed E-state index contributed by atoms with van der Waals surface area (Å²) >= 11 is 0. The Balaban J connectivity index is 2.74. The molecule has 1 atom stereocenters. The molecule has 0 spiro atoms. The fourth-order valence-corrected chi connectivity index (χ4v) is 3.59. The van der Waals surface area contributed by atoms with Gasteiger partial charge in [-0.1, -0.05) is 6.92 Å². The molecule has 0 aromatic heterocycles. The van der Waals surface area contributed by atoms with Gasteiger partial charge in [-0.25, -0.2) is 8.42 Å². The first-order chi connectivity index (χ1) is 6.49. The minimum atomic E-state index is -3.01. The molecule has 0 aliphatic heterocycles. The fourth-order valence-electron chi connectivity index (χ4n) is 2.03. The van der Waals surface area contributed by atoms with E-state index in [4.69, 9.17) is 10.2 Å². The summed E-state index contributed by atoms with van der Waals surface area (Å²) in [6, 6.07) is 0. The maximum Gasteiger partial charge on any atom is 0.152 e. The summed E-state index contributed by atoms with van der Waals surface area (Å²) in [7, 11) is -3.01. The van der Waals surface area contributed by atoms with Crippen LogP contribution in [0, 0.1) is 5.41 Å². The third-order valence-electron chi connectivity index (χ3n) is 3.24. The highest BCUT2D eigenvalue weighted by Gasteiger charge is 2.42. The largest absolute Gasteiger partial charge is 0.396 e. The molecule has 0 aromatic rings. The molecule has 0 radical (unpaired) electrons. The summed E-state index contributed by atoms with van der Waals surface area (Å²) in [6.07, 6.45) is 1.57. The monoisotopic (exact) mass is 222 g/mol. The van der Waals surface area contributed by atoms with Gasteiger partial charge in [0.25, 0.3) is 0 Å². The SMILES string of the molecule is CCS(=O)(=O)[C@@H]1CCC(CO)(CO)C1. The molecule has 5 heteroatoms. The van der Waals surface area contributed by atoms with Crippen LogP contribution in [0.4, 0.5) is 0 Å². The molecule has 0 bridgehead atoms. The highest BCUT2D eigenvalue weighted by Crippen LogP contribution is 2.40. The van der Waals surface area contributed by atoms with E-state index in [2.05, 4.69) is 0 Å². The Labute approximate surface area is 84.9 Å². The number of hydrogen-bond acceptors (Lipinski definition) is 4. The molecule has 1 aliphatic rings. The molecule has 1 aliphatic carbocycles. The Morgan fingerprint density at radius 1 is 1.36 bits per heavy atom. The summed E-state index contributed by atoms with van der Waals surface area (Å²) < 4.78 is 23.1. The van der Waals surface area contributed by atoms with Gasteiger partial charge in [0.1, 0.15) is 0 Å². The Morgan fingerprint density at radius 3 is 2.29 bits per heavy atom. The van der Waals surface area contributed by atoms with Crippen molar-refractivity contribution in [1.82, 2.24) is 0 Å². The average Bonchev–Trinajstić information content (AvgIpc) is 2.63. The fraction of sp³-hybridized carbons (Fsp3) is 1.00. The highest BCUT2D eigenvalue weighted by molar-refractivity contribution is 7.92. The van der Waals surface area contributed by atoms with E-state index in [0.717, 1.165) is 0 Å². The maximum atomic E-state index is 11.6. The van der Waals surface area contributed by atoms with Gasteiger partial charge < -0.3 is 10.2 Å². The van der Waals surface area contributed by atoms with E-state index in [1.165, 1.54) is 0 Å². The van der Waals surface area contributed by atoms with Crippen LogP contribution in [0.1, 0.15) is 26.2 Å². The van der Waals surface area contributed by atoms with Gasteiger partial charge in [0.05, 0.1) is 18.5 Å². The number of hydrogen-bond donors (Lipinski definition) is 2. The molecule has 4 nitrogen and oxygen atoms in total. The molecular weight excluding hydrogens is 204 g/mol. The van der Waals surface area contributed by atoms with Crippen molar-refractivity contribution in [3.8, 4) is 0 Å². The van der Waals surface area contributed by atoms with Gasteiger partial charge in [-0.3, -0.25) is 0 Å². The van der Waals surface area contributed by atoms with E-state index in [0.29, 0.717) is 19.3 Å². The highest BCUT2D eigenvalue weighted by atomic mass is 32.2. The van der Waals surface area contributed by atoms with Gasteiger partial charge in [-0.05, 0) is 19.3 Å². The summed E-state index contributed by atoms with van der Waals surface area (Å²) in [5, 5.41) is 17.9. The predicted octanol–water partition coefficient (Wildman–Crippen LogP) is -0.0554. The molecule has 84 valence electrons. The minimum absolute atomic E-state index is 0.126. The molecule has 1 rings (SSSR count). The first-order valence-corrected chi connectivity index (χ1v) is 6.64.